The summed E-state index contributed by atoms with van der Waals surface area (Å²) < 4.78 is 58.7. The summed E-state index contributed by atoms with van der Waals surface area (Å²) in [6.07, 6.45) is -4.81. The Morgan fingerprint density at radius 1 is 1.22 bits per heavy atom. The number of carboxylic acids is 1. The lowest BCUT2D eigenvalue weighted by Gasteiger charge is -2.31. The average Bonchev–Trinajstić information content (AvgIpc) is 2.64. The molecule has 10 heteroatoms. The molecule has 0 saturated heterocycles. The first kappa shape index (κ1) is 20.9. The second kappa shape index (κ2) is 8.12. The maximum absolute atomic E-state index is 13.6. The molecular weight excluding hydrogens is 438 g/mol. The van der Waals surface area contributed by atoms with Gasteiger partial charge in [0.2, 0.25) is 0 Å². The monoisotopic (exact) mass is 451 g/mol. The van der Waals surface area contributed by atoms with E-state index >= 15 is 0 Å². The van der Waals surface area contributed by atoms with E-state index < -0.39 is 53.0 Å². The molecule has 0 radical (unpaired) electrons. The molecule has 0 saturated carbocycles. The summed E-state index contributed by atoms with van der Waals surface area (Å²) in [7, 11) is 0.974. The number of rotatable bonds is 5. The van der Waals surface area contributed by atoms with Crippen molar-refractivity contribution in [2.45, 2.75) is 12.1 Å². The fourth-order valence-electron chi connectivity index (χ4n) is 2.94. The van der Waals surface area contributed by atoms with Crippen molar-refractivity contribution >= 4 is 27.9 Å². The van der Waals surface area contributed by atoms with Gasteiger partial charge >= 0.3 is 18.1 Å². The number of esters is 1. The molecule has 1 atom stereocenters. The van der Waals surface area contributed by atoms with Gasteiger partial charge in [0.15, 0.2) is 0 Å². The number of benzene rings is 1. The minimum absolute atomic E-state index is 0.0511. The van der Waals surface area contributed by atoms with Crippen LogP contribution in [0.4, 0.5) is 17.6 Å². The summed E-state index contributed by atoms with van der Waals surface area (Å²) >= 11 is 3.04. The zero-order valence-electron chi connectivity index (χ0n) is 13.9. The van der Waals surface area contributed by atoms with Crippen molar-refractivity contribution in [3.63, 3.8) is 0 Å². The maximum atomic E-state index is 13.6. The third kappa shape index (κ3) is 4.00. The molecule has 0 bridgehead atoms. The summed E-state index contributed by atoms with van der Waals surface area (Å²) in [5.41, 5.74) is -3.01. The molecular formula is C17H14BrF4NO4. The number of dihydropyridines is 1. The first-order valence-corrected chi connectivity index (χ1v) is 8.62. The number of hydrogen-bond donors (Lipinski definition) is 2. The largest absolute Gasteiger partial charge is 0.478 e. The standard InChI is InChI=1S/C17H14BrF4NO4/c1-27-16(26)14-11(7-19)23-10(6-18)13(15(24)25)12(14)8-4-2-3-5-9(8)17(20,21)22/h2-5,12,23H,6-7H2,1H3,(H,24,25). The van der Waals surface area contributed by atoms with Crippen LogP contribution in [-0.2, 0) is 20.5 Å². The van der Waals surface area contributed by atoms with E-state index in [-0.39, 0.29) is 16.7 Å². The number of alkyl halides is 5. The molecule has 1 aliphatic rings. The number of halogens is 5. The number of carbonyl (C=O) groups is 2. The third-order valence-electron chi connectivity index (χ3n) is 4.01. The molecule has 0 fully saturated rings. The summed E-state index contributed by atoms with van der Waals surface area (Å²) in [5.74, 6) is -4.32. The molecule has 0 aliphatic carbocycles. The Morgan fingerprint density at radius 2 is 1.85 bits per heavy atom. The first-order valence-electron chi connectivity index (χ1n) is 7.50. The van der Waals surface area contributed by atoms with Crippen molar-refractivity contribution < 1.29 is 37.0 Å². The van der Waals surface area contributed by atoms with Crippen molar-refractivity contribution in [2.75, 3.05) is 19.1 Å². The number of aliphatic carboxylic acids is 1. The molecule has 1 aromatic carbocycles. The summed E-state index contributed by atoms with van der Waals surface area (Å²) in [5, 5.41) is 12.0. The smallest absolute Gasteiger partial charge is 0.416 e. The molecule has 0 amide bonds. The Bertz CT molecular complexity index is 832. The fourth-order valence-corrected chi connectivity index (χ4v) is 3.38. The topological polar surface area (TPSA) is 75.6 Å². The summed E-state index contributed by atoms with van der Waals surface area (Å²) in [4.78, 5) is 24.1. The molecule has 1 aromatic rings. The Hall–Kier alpha value is -2.36. The van der Waals surface area contributed by atoms with E-state index in [0.717, 1.165) is 25.3 Å². The number of carboxylic acid groups (broad SMARTS) is 1. The van der Waals surface area contributed by atoms with Crippen LogP contribution < -0.4 is 5.32 Å². The number of ether oxygens (including phenoxy) is 1. The molecule has 27 heavy (non-hydrogen) atoms. The van der Waals surface area contributed by atoms with Gasteiger partial charge in [-0.3, -0.25) is 0 Å². The van der Waals surface area contributed by atoms with Crippen LogP contribution in [0.3, 0.4) is 0 Å². The SMILES string of the molecule is COC(=O)C1=C(CF)NC(CBr)=C(C(=O)O)C1c1ccccc1C(F)(F)F. The molecule has 1 unspecified atom stereocenters. The highest BCUT2D eigenvalue weighted by Crippen LogP contribution is 2.44. The van der Waals surface area contributed by atoms with Gasteiger partial charge in [-0.1, -0.05) is 34.1 Å². The van der Waals surface area contributed by atoms with Crippen LogP contribution in [0.1, 0.15) is 17.0 Å². The Balaban J connectivity index is 2.89. The van der Waals surface area contributed by atoms with Gasteiger partial charge in [0.25, 0.3) is 0 Å². The van der Waals surface area contributed by atoms with E-state index in [1.54, 1.807) is 0 Å². The number of hydrogen-bond acceptors (Lipinski definition) is 4. The van der Waals surface area contributed by atoms with Crippen LogP contribution in [0.5, 0.6) is 0 Å². The number of allylic oxidation sites excluding steroid dienone is 2. The van der Waals surface area contributed by atoms with Crippen LogP contribution >= 0.6 is 15.9 Å². The number of methoxy groups -OCH3 is 1. The van der Waals surface area contributed by atoms with Gasteiger partial charge in [-0.15, -0.1) is 0 Å². The van der Waals surface area contributed by atoms with Gasteiger partial charge in [-0.25, -0.2) is 14.0 Å². The van der Waals surface area contributed by atoms with E-state index in [4.69, 9.17) is 0 Å². The first-order chi connectivity index (χ1) is 12.7. The fraction of sp³-hybridized carbons (Fsp3) is 0.294. The Kier molecular flexibility index (Phi) is 6.30. The molecule has 2 N–H and O–H groups in total. The van der Waals surface area contributed by atoms with E-state index in [0.29, 0.717) is 0 Å². The Labute approximate surface area is 159 Å². The second-order valence-corrected chi connectivity index (χ2v) is 6.05. The Morgan fingerprint density at radius 3 is 2.33 bits per heavy atom. The highest BCUT2D eigenvalue weighted by Gasteiger charge is 2.43. The molecule has 0 spiro atoms. The van der Waals surface area contributed by atoms with Crippen LogP contribution in [-0.4, -0.2) is 36.2 Å². The molecule has 1 aliphatic heterocycles. The lowest BCUT2D eigenvalue weighted by atomic mass is 9.78. The van der Waals surface area contributed by atoms with Crippen molar-refractivity contribution in [3.05, 3.63) is 57.9 Å². The third-order valence-corrected chi connectivity index (χ3v) is 4.57. The summed E-state index contributed by atoms with van der Waals surface area (Å²) in [6.45, 7) is -1.22. The lowest BCUT2D eigenvalue weighted by molar-refractivity contribution is -0.140. The highest BCUT2D eigenvalue weighted by atomic mass is 79.9. The molecule has 2 rings (SSSR count). The van der Waals surface area contributed by atoms with Crippen molar-refractivity contribution in [3.8, 4) is 0 Å². The predicted octanol–water partition coefficient (Wildman–Crippen LogP) is 3.52. The molecule has 146 valence electrons. The van der Waals surface area contributed by atoms with Gasteiger partial charge in [0, 0.05) is 11.0 Å². The van der Waals surface area contributed by atoms with Crippen LogP contribution in [0.2, 0.25) is 0 Å². The molecule has 5 nitrogen and oxygen atoms in total. The maximum Gasteiger partial charge on any atom is 0.416 e. The molecule has 0 aromatic heterocycles. The number of nitrogens with one attached hydrogen (secondary N) is 1. The quantitative estimate of drug-likeness (QED) is 0.407. The minimum Gasteiger partial charge on any atom is -0.478 e. The van der Waals surface area contributed by atoms with Gasteiger partial charge in [0.1, 0.15) is 6.67 Å². The van der Waals surface area contributed by atoms with Crippen LogP contribution in [0.15, 0.2) is 46.8 Å². The van der Waals surface area contributed by atoms with Crippen LogP contribution in [0, 0.1) is 0 Å². The van der Waals surface area contributed by atoms with E-state index in [1.807, 2.05) is 0 Å². The van der Waals surface area contributed by atoms with E-state index in [9.17, 15) is 32.3 Å². The van der Waals surface area contributed by atoms with Gasteiger partial charge in [-0.05, 0) is 11.6 Å². The van der Waals surface area contributed by atoms with E-state index in [1.165, 1.54) is 6.07 Å². The minimum atomic E-state index is -4.81. The van der Waals surface area contributed by atoms with E-state index in [2.05, 4.69) is 26.0 Å². The predicted molar refractivity (Wildman–Crippen MR) is 90.8 cm³/mol. The second-order valence-electron chi connectivity index (χ2n) is 5.49. The zero-order chi connectivity index (χ0) is 20.4. The van der Waals surface area contributed by atoms with Gasteiger partial charge < -0.3 is 15.2 Å². The number of carbonyl (C=O) groups excluding carboxylic acids is 1. The van der Waals surface area contributed by atoms with Crippen molar-refractivity contribution in [2.24, 2.45) is 0 Å². The van der Waals surface area contributed by atoms with Crippen molar-refractivity contribution in [1.82, 2.24) is 5.32 Å². The lowest BCUT2D eigenvalue weighted by Crippen LogP contribution is -2.35. The zero-order valence-corrected chi connectivity index (χ0v) is 15.4. The normalized spacial score (nSPS) is 17.6. The van der Waals surface area contributed by atoms with Gasteiger partial charge in [0.05, 0.1) is 35.4 Å². The van der Waals surface area contributed by atoms with Crippen molar-refractivity contribution in [1.29, 1.82) is 0 Å². The van der Waals surface area contributed by atoms with Gasteiger partial charge in [-0.2, -0.15) is 13.2 Å². The summed E-state index contributed by atoms with van der Waals surface area (Å²) in [6, 6.07) is 4.26. The average molecular weight is 452 g/mol. The van der Waals surface area contributed by atoms with Crippen LogP contribution in [0.25, 0.3) is 0 Å². The molecule has 1 heterocycles. The highest BCUT2D eigenvalue weighted by molar-refractivity contribution is 9.09.